The van der Waals surface area contributed by atoms with Crippen LogP contribution in [-0.4, -0.2) is 50.4 Å². The van der Waals surface area contributed by atoms with Gasteiger partial charge in [0.05, 0.1) is 6.61 Å². The van der Waals surface area contributed by atoms with Crippen molar-refractivity contribution in [1.82, 2.24) is 25.5 Å². The predicted octanol–water partition coefficient (Wildman–Crippen LogP) is 1.99. The maximum atomic E-state index is 14.6. The highest BCUT2D eigenvalue weighted by Crippen LogP contribution is 2.30. The third-order valence-corrected chi connectivity index (χ3v) is 5.56. The molecule has 146 valence electrons. The third-order valence-electron chi connectivity index (χ3n) is 5.56. The van der Waals surface area contributed by atoms with E-state index in [4.69, 9.17) is 0 Å². The third kappa shape index (κ3) is 3.74. The largest absolute Gasteiger partial charge is 0.390 e. The molecule has 0 aromatic carbocycles. The average Bonchev–Trinajstić information content (AvgIpc) is 3.07. The van der Waals surface area contributed by atoms with Crippen LogP contribution in [0.1, 0.15) is 43.5 Å². The number of nitrogens with zero attached hydrogens (tertiary/aromatic N) is 4. The number of hydrogen-bond donors (Lipinski definition) is 4. The summed E-state index contributed by atoms with van der Waals surface area (Å²) in [6.45, 7) is 1.38. The Bertz CT molecular complexity index is 799. The van der Waals surface area contributed by atoms with Gasteiger partial charge in [0, 0.05) is 36.9 Å². The monoisotopic (exact) mass is 375 g/mol. The van der Waals surface area contributed by atoms with Crippen LogP contribution in [0.15, 0.2) is 6.07 Å². The first-order chi connectivity index (χ1) is 13.0. The molecule has 4 rings (SSSR count). The summed E-state index contributed by atoms with van der Waals surface area (Å²) in [5.41, 5.74) is 0.837. The number of hydrogen-bond acceptors (Lipinski definition) is 7. The molecule has 0 unspecified atom stereocenters. The van der Waals surface area contributed by atoms with E-state index in [1.54, 1.807) is 6.07 Å². The van der Waals surface area contributed by atoms with Crippen LogP contribution in [0.25, 0.3) is 0 Å². The first-order valence-electron chi connectivity index (χ1n) is 9.48. The highest BCUT2D eigenvalue weighted by atomic mass is 19.1. The molecule has 4 N–H and O–H groups in total. The number of fused-ring (bicyclic) bond motifs is 2. The molecule has 2 saturated heterocycles. The summed E-state index contributed by atoms with van der Waals surface area (Å²) in [6, 6.07) is 3.09. The zero-order valence-corrected chi connectivity index (χ0v) is 15.7. The van der Waals surface area contributed by atoms with Gasteiger partial charge in [-0.15, -0.1) is 0 Å². The van der Waals surface area contributed by atoms with Crippen molar-refractivity contribution in [2.45, 2.75) is 63.8 Å². The normalized spacial score (nSPS) is 24.7. The number of aromatic amines is 1. The molecule has 0 radical (unpaired) electrons. The molecule has 2 aromatic heterocycles. The number of aromatic nitrogens is 4. The van der Waals surface area contributed by atoms with Crippen molar-refractivity contribution in [2.75, 3.05) is 17.3 Å². The van der Waals surface area contributed by atoms with Crippen LogP contribution in [0.3, 0.4) is 0 Å². The molecule has 9 heteroatoms. The number of aliphatic hydroxyl groups excluding tert-OH is 1. The van der Waals surface area contributed by atoms with Crippen molar-refractivity contribution in [3.63, 3.8) is 0 Å². The molecule has 0 saturated carbocycles. The molecular weight excluding hydrogens is 349 g/mol. The second-order valence-electron chi connectivity index (χ2n) is 7.58. The van der Waals surface area contributed by atoms with Crippen LogP contribution < -0.4 is 15.5 Å². The lowest BCUT2D eigenvalue weighted by molar-refractivity contribution is 0.218. The van der Waals surface area contributed by atoms with Gasteiger partial charge in [0.2, 0.25) is 5.95 Å². The number of aliphatic hydroxyl groups is 1. The Morgan fingerprint density at radius 2 is 2.04 bits per heavy atom. The SMILES string of the molecule is Cc1cc(Nc2nc(N(C)[C@@H]3C[C@H]4CCC[C@@H](C3)N4)nc(CO)c2F)n[nH]1. The Labute approximate surface area is 157 Å². The minimum atomic E-state index is -0.655. The summed E-state index contributed by atoms with van der Waals surface area (Å²) in [5, 5.41) is 23.0. The van der Waals surface area contributed by atoms with Gasteiger partial charge in [-0.05, 0) is 32.6 Å². The topological polar surface area (TPSA) is 102 Å². The number of H-pyrrole nitrogens is 1. The fraction of sp³-hybridized carbons (Fsp3) is 0.611. The lowest BCUT2D eigenvalue weighted by Gasteiger charge is -2.43. The van der Waals surface area contributed by atoms with Crippen molar-refractivity contribution >= 4 is 17.6 Å². The van der Waals surface area contributed by atoms with E-state index in [-0.39, 0.29) is 11.5 Å². The summed E-state index contributed by atoms with van der Waals surface area (Å²) in [5.74, 6) is 0.258. The van der Waals surface area contributed by atoms with Crippen LogP contribution >= 0.6 is 0 Å². The summed E-state index contributed by atoms with van der Waals surface area (Å²) in [4.78, 5) is 10.7. The Balaban J connectivity index is 1.60. The minimum Gasteiger partial charge on any atom is -0.390 e. The van der Waals surface area contributed by atoms with Crippen LogP contribution in [-0.2, 0) is 6.61 Å². The lowest BCUT2D eigenvalue weighted by Crippen LogP contribution is -2.54. The molecule has 2 bridgehead atoms. The molecule has 8 nitrogen and oxygen atoms in total. The summed E-state index contributed by atoms with van der Waals surface area (Å²) < 4.78 is 14.6. The molecule has 2 aromatic rings. The number of rotatable bonds is 5. The van der Waals surface area contributed by atoms with E-state index < -0.39 is 12.4 Å². The Kier molecular flexibility index (Phi) is 4.96. The molecular formula is C18H26FN7O. The fourth-order valence-electron chi connectivity index (χ4n) is 4.14. The second-order valence-corrected chi connectivity index (χ2v) is 7.58. The lowest BCUT2D eigenvalue weighted by atomic mass is 9.83. The number of aryl methyl sites for hydroxylation is 1. The van der Waals surface area contributed by atoms with Gasteiger partial charge in [-0.1, -0.05) is 6.42 Å². The molecule has 3 atom stereocenters. The molecule has 0 amide bonds. The van der Waals surface area contributed by atoms with Crippen LogP contribution in [0.5, 0.6) is 0 Å². The van der Waals surface area contributed by atoms with Gasteiger partial charge in [-0.25, -0.2) is 9.37 Å². The zero-order valence-electron chi connectivity index (χ0n) is 15.7. The van der Waals surface area contributed by atoms with Gasteiger partial charge in [-0.3, -0.25) is 5.10 Å². The molecule has 2 aliphatic rings. The summed E-state index contributed by atoms with van der Waals surface area (Å²) in [7, 11) is 1.95. The van der Waals surface area contributed by atoms with E-state index in [1.807, 2.05) is 18.9 Å². The minimum absolute atomic E-state index is 0.0178. The van der Waals surface area contributed by atoms with Gasteiger partial charge in [0.15, 0.2) is 17.5 Å². The van der Waals surface area contributed by atoms with Crippen molar-refractivity contribution in [3.8, 4) is 0 Å². The smallest absolute Gasteiger partial charge is 0.227 e. The van der Waals surface area contributed by atoms with E-state index in [2.05, 4.69) is 30.8 Å². The molecule has 27 heavy (non-hydrogen) atoms. The Morgan fingerprint density at radius 3 is 2.67 bits per heavy atom. The van der Waals surface area contributed by atoms with Crippen molar-refractivity contribution in [2.24, 2.45) is 0 Å². The highest BCUT2D eigenvalue weighted by Gasteiger charge is 2.34. The van der Waals surface area contributed by atoms with Crippen molar-refractivity contribution in [3.05, 3.63) is 23.3 Å². The highest BCUT2D eigenvalue weighted by molar-refractivity contribution is 5.55. The predicted molar refractivity (Wildman–Crippen MR) is 101 cm³/mol. The van der Waals surface area contributed by atoms with Crippen LogP contribution in [0, 0.1) is 12.7 Å². The average molecular weight is 375 g/mol. The molecule has 2 fully saturated rings. The van der Waals surface area contributed by atoms with Crippen LogP contribution in [0.4, 0.5) is 22.0 Å². The van der Waals surface area contributed by atoms with Crippen molar-refractivity contribution < 1.29 is 9.50 Å². The van der Waals surface area contributed by atoms with E-state index >= 15 is 0 Å². The summed E-state index contributed by atoms with van der Waals surface area (Å²) >= 11 is 0. The van der Waals surface area contributed by atoms with E-state index in [9.17, 15) is 9.50 Å². The van der Waals surface area contributed by atoms with E-state index in [1.165, 1.54) is 19.3 Å². The van der Waals surface area contributed by atoms with E-state index in [0.29, 0.717) is 29.9 Å². The van der Waals surface area contributed by atoms with Gasteiger partial charge in [0.25, 0.3) is 0 Å². The Hall–Kier alpha value is -2.26. The van der Waals surface area contributed by atoms with Crippen molar-refractivity contribution in [1.29, 1.82) is 0 Å². The van der Waals surface area contributed by atoms with Gasteiger partial charge < -0.3 is 20.6 Å². The quantitative estimate of drug-likeness (QED) is 0.634. The standard InChI is InChI=1S/C18H26FN7O/c1-10-6-15(25-24-10)22-17-16(19)14(9-27)21-18(23-17)26(2)13-7-11-4-3-5-12(8-13)20-11/h6,11-13,20,27H,3-5,7-9H2,1-2H3,(H2,21,22,23,24,25)/t11-,12+,13-. The molecule has 0 spiro atoms. The molecule has 2 aliphatic heterocycles. The molecule has 0 aliphatic carbocycles. The number of piperidine rings is 2. The Morgan fingerprint density at radius 1 is 1.30 bits per heavy atom. The number of halogens is 1. The maximum absolute atomic E-state index is 14.6. The first kappa shape index (κ1) is 18.1. The maximum Gasteiger partial charge on any atom is 0.227 e. The van der Waals surface area contributed by atoms with Gasteiger partial charge in [-0.2, -0.15) is 10.1 Å². The van der Waals surface area contributed by atoms with Gasteiger partial charge in [0.1, 0.15) is 5.69 Å². The fourth-order valence-corrected chi connectivity index (χ4v) is 4.14. The van der Waals surface area contributed by atoms with Gasteiger partial charge >= 0.3 is 0 Å². The number of anilines is 3. The number of nitrogens with one attached hydrogen (secondary N) is 3. The first-order valence-corrected chi connectivity index (χ1v) is 9.48. The summed E-state index contributed by atoms with van der Waals surface area (Å²) in [6.07, 6.45) is 5.70. The zero-order chi connectivity index (χ0) is 19.0. The van der Waals surface area contributed by atoms with E-state index in [0.717, 1.165) is 18.5 Å². The molecule has 4 heterocycles. The second kappa shape index (κ2) is 7.40. The van der Waals surface area contributed by atoms with Crippen LogP contribution in [0.2, 0.25) is 0 Å².